The third-order valence-corrected chi connectivity index (χ3v) is 4.87. The van der Waals surface area contributed by atoms with Crippen molar-refractivity contribution in [2.75, 3.05) is 18.6 Å². The van der Waals surface area contributed by atoms with Crippen LogP contribution in [-0.2, 0) is 19.2 Å². The molecule has 0 heterocycles. The normalized spacial score (nSPS) is 14.6. The monoisotopic (exact) mass is 387 g/mol. The van der Waals surface area contributed by atoms with Crippen LogP contribution in [0.25, 0.3) is 0 Å². The van der Waals surface area contributed by atoms with Gasteiger partial charge in [0.2, 0.25) is 5.91 Å². The van der Waals surface area contributed by atoms with E-state index in [0.29, 0.717) is 12.8 Å². The molecule has 7 heteroatoms. The lowest BCUT2D eigenvalue weighted by molar-refractivity contribution is -0.133. The Hall–Kier alpha value is -1.21. The van der Waals surface area contributed by atoms with E-state index in [1.165, 1.54) is 13.8 Å². The van der Waals surface area contributed by atoms with Crippen molar-refractivity contribution >= 4 is 35.0 Å². The number of hydrogen-bond donors (Lipinski definition) is 2. The number of carbonyl (C=O) groups excluding carboxylic acids is 4. The van der Waals surface area contributed by atoms with Crippen LogP contribution in [0, 0.1) is 17.8 Å². The molecule has 0 aliphatic carbocycles. The fourth-order valence-corrected chi connectivity index (χ4v) is 3.21. The number of aliphatic hydroxyl groups excluding tert-OH is 1. The van der Waals surface area contributed by atoms with E-state index in [9.17, 15) is 24.3 Å². The van der Waals surface area contributed by atoms with Gasteiger partial charge in [0, 0.05) is 24.7 Å². The molecular weight excluding hydrogens is 354 g/mol. The van der Waals surface area contributed by atoms with Gasteiger partial charge in [0.25, 0.3) is 0 Å². The summed E-state index contributed by atoms with van der Waals surface area (Å²) in [6, 6.07) is -0.709. The van der Waals surface area contributed by atoms with Crippen molar-refractivity contribution < 1.29 is 24.3 Å². The zero-order valence-corrected chi connectivity index (χ0v) is 17.4. The summed E-state index contributed by atoms with van der Waals surface area (Å²) < 4.78 is 0. The highest BCUT2D eigenvalue weighted by atomic mass is 32.2. The van der Waals surface area contributed by atoms with E-state index in [0.717, 1.165) is 5.75 Å². The minimum atomic E-state index is -0.737. The number of carbonyl (C=O) groups is 4. The van der Waals surface area contributed by atoms with Gasteiger partial charge >= 0.3 is 0 Å². The zero-order valence-electron chi connectivity index (χ0n) is 16.5. The maximum Gasteiger partial charge on any atom is 0.224 e. The topological polar surface area (TPSA) is 101 Å². The highest BCUT2D eigenvalue weighted by Gasteiger charge is 2.29. The molecule has 0 saturated heterocycles. The van der Waals surface area contributed by atoms with Crippen LogP contribution in [-0.4, -0.2) is 53.0 Å². The molecule has 0 radical (unpaired) electrons. The van der Waals surface area contributed by atoms with Gasteiger partial charge in [-0.25, -0.2) is 0 Å². The molecule has 3 unspecified atom stereocenters. The molecule has 0 aromatic rings. The molecule has 0 fully saturated rings. The molecule has 0 aromatic carbocycles. The van der Waals surface area contributed by atoms with E-state index in [-0.39, 0.29) is 48.6 Å². The number of thioether (sulfide) groups is 1. The van der Waals surface area contributed by atoms with Crippen LogP contribution >= 0.6 is 11.8 Å². The fraction of sp³-hybridized carbons (Fsp3) is 0.789. The third-order valence-electron chi connectivity index (χ3n) is 4.23. The highest BCUT2D eigenvalue weighted by molar-refractivity contribution is 7.98. The van der Waals surface area contributed by atoms with E-state index in [1.54, 1.807) is 11.8 Å². The molecule has 3 atom stereocenters. The van der Waals surface area contributed by atoms with E-state index in [4.69, 9.17) is 0 Å². The Balaban J connectivity index is 5.14. The van der Waals surface area contributed by atoms with Crippen molar-refractivity contribution in [2.24, 2.45) is 17.8 Å². The van der Waals surface area contributed by atoms with Gasteiger partial charge in [-0.15, -0.1) is 0 Å². The first-order valence-electron chi connectivity index (χ1n) is 9.05. The molecule has 0 aliphatic heterocycles. The molecule has 0 bridgehead atoms. The molecule has 0 saturated carbocycles. The van der Waals surface area contributed by atoms with E-state index in [2.05, 4.69) is 5.32 Å². The van der Waals surface area contributed by atoms with Crippen molar-refractivity contribution in [1.82, 2.24) is 5.32 Å². The van der Waals surface area contributed by atoms with Crippen molar-refractivity contribution in [2.45, 2.75) is 59.4 Å². The molecule has 0 rings (SSSR count). The van der Waals surface area contributed by atoms with Gasteiger partial charge in [-0.3, -0.25) is 14.4 Å². The average Bonchev–Trinajstić information content (AvgIpc) is 2.54. The van der Waals surface area contributed by atoms with Crippen LogP contribution in [0.3, 0.4) is 0 Å². The Morgan fingerprint density at radius 1 is 1.04 bits per heavy atom. The van der Waals surface area contributed by atoms with Crippen molar-refractivity contribution in [3.8, 4) is 0 Å². The van der Waals surface area contributed by atoms with E-state index in [1.807, 2.05) is 20.1 Å². The van der Waals surface area contributed by atoms with Gasteiger partial charge in [-0.2, -0.15) is 11.8 Å². The molecule has 0 aliphatic rings. The Labute approximate surface area is 160 Å². The average molecular weight is 388 g/mol. The number of rotatable bonds is 14. The Bertz CT molecular complexity index is 492. The smallest absolute Gasteiger partial charge is 0.224 e. The third kappa shape index (κ3) is 10.1. The van der Waals surface area contributed by atoms with Crippen LogP contribution in [0.2, 0.25) is 0 Å². The summed E-state index contributed by atoms with van der Waals surface area (Å²) in [6.07, 6.45) is 3.02. The van der Waals surface area contributed by atoms with Crippen molar-refractivity contribution in [3.05, 3.63) is 0 Å². The van der Waals surface area contributed by atoms with Crippen LogP contribution in [0.15, 0.2) is 0 Å². The first-order valence-corrected chi connectivity index (χ1v) is 10.4. The first-order chi connectivity index (χ1) is 12.1. The summed E-state index contributed by atoms with van der Waals surface area (Å²) in [6.45, 7) is 6.30. The van der Waals surface area contributed by atoms with Crippen LogP contribution in [0.1, 0.15) is 53.4 Å². The number of ketones is 3. The Morgan fingerprint density at radius 2 is 1.65 bits per heavy atom. The van der Waals surface area contributed by atoms with Crippen LogP contribution < -0.4 is 5.32 Å². The predicted molar refractivity (Wildman–Crippen MR) is 104 cm³/mol. The van der Waals surface area contributed by atoms with Gasteiger partial charge in [0.05, 0.1) is 12.6 Å². The highest BCUT2D eigenvalue weighted by Crippen LogP contribution is 2.16. The predicted octanol–water partition coefficient (Wildman–Crippen LogP) is 2.02. The van der Waals surface area contributed by atoms with Crippen molar-refractivity contribution in [1.29, 1.82) is 0 Å². The number of aliphatic hydroxyl groups is 1. The molecule has 26 heavy (non-hydrogen) atoms. The number of nitrogens with one attached hydrogen (secondary N) is 1. The Morgan fingerprint density at radius 3 is 2.08 bits per heavy atom. The lowest BCUT2D eigenvalue weighted by atomic mass is 9.91. The quantitative estimate of drug-likeness (QED) is 0.473. The van der Waals surface area contributed by atoms with Crippen LogP contribution in [0.4, 0.5) is 0 Å². The van der Waals surface area contributed by atoms with Gasteiger partial charge < -0.3 is 15.2 Å². The molecule has 0 aromatic heterocycles. The van der Waals surface area contributed by atoms with Crippen LogP contribution in [0.5, 0.6) is 0 Å². The fourth-order valence-electron chi connectivity index (χ4n) is 2.69. The second-order valence-corrected chi connectivity index (χ2v) is 8.22. The van der Waals surface area contributed by atoms with Gasteiger partial charge in [-0.1, -0.05) is 13.8 Å². The zero-order chi connectivity index (χ0) is 20.3. The summed E-state index contributed by atoms with van der Waals surface area (Å²) in [5, 5.41) is 12.1. The molecule has 6 nitrogen and oxygen atoms in total. The van der Waals surface area contributed by atoms with Gasteiger partial charge in [0.1, 0.15) is 11.6 Å². The standard InChI is InChI=1S/C19H33NO5S/c1-12(2)8-17(18(24)10-16(11-21)14(4)23)20-19(25)15(6-7-26-5)9-13(3)22/h12,15-17,21H,6-11H2,1-5H3,(H,20,25). The molecular formula is C19H33NO5S. The summed E-state index contributed by atoms with van der Waals surface area (Å²) in [5.41, 5.74) is 0. The SMILES string of the molecule is CSCCC(CC(C)=O)C(=O)NC(CC(C)C)C(=O)CC(CO)C(C)=O. The van der Waals surface area contributed by atoms with Crippen molar-refractivity contribution in [3.63, 3.8) is 0 Å². The largest absolute Gasteiger partial charge is 0.396 e. The van der Waals surface area contributed by atoms with E-state index >= 15 is 0 Å². The second-order valence-electron chi connectivity index (χ2n) is 7.24. The summed E-state index contributed by atoms with van der Waals surface area (Å²) in [7, 11) is 0. The summed E-state index contributed by atoms with van der Waals surface area (Å²) in [4.78, 5) is 48.2. The lowest BCUT2D eigenvalue weighted by Gasteiger charge is -2.24. The first kappa shape index (κ1) is 24.8. The van der Waals surface area contributed by atoms with Gasteiger partial charge in [-0.05, 0) is 44.6 Å². The molecule has 1 amide bonds. The Kier molecular flexibility index (Phi) is 12.4. The maximum absolute atomic E-state index is 12.6. The number of Topliss-reactive ketones (excluding diaryl/α,β-unsaturated/α-hetero) is 3. The second kappa shape index (κ2) is 13.0. The lowest BCUT2D eigenvalue weighted by Crippen LogP contribution is -2.45. The summed E-state index contributed by atoms with van der Waals surface area (Å²) >= 11 is 1.60. The molecule has 150 valence electrons. The van der Waals surface area contributed by atoms with Gasteiger partial charge in [0.15, 0.2) is 5.78 Å². The molecule has 0 spiro atoms. The minimum absolute atomic E-state index is 0.0603. The number of hydrogen-bond acceptors (Lipinski definition) is 6. The summed E-state index contributed by atoms with van der Waals surface area (Å²) in [5.74, 6) is -1.12. The minimum Gasteiger partial charge on any atom is -0.396 e. The molecule has 2 N–H and O–H groups in total. The number of amides is 1. The maximum atomic E-state index is 12.6. The van der Waals surface area contributed by atoms with E-state index < -0.39 is 17.9 Å².